The number of thiophene rings is 1. The van der Waals surface area contributed by atoms with Crippen LogP contribution in [-0.4, -0.2) is 45.2 Å². The number of nitrogens with one attached hydrogen (secondary N) is 1. The first-order valence-corrected chi connectivity index (χ1v) is 11.8. The van der Waals surface area contributed by atoms with Crippen LogP contribution in [0.15, 0.2) is 60.7 Å². The lowest BCUT2D eigenvalue weighted by Gasteiger charge is -2.26. The number of aromatic nitrogens is 2. The Hall–Kier alpha value is -3.17. The van der Waals surface area contributed by atoms with E-state index < -0.39 is 12.1 Å². The molecule has 1 fully saturated rings. The van der Waals surface area contributed by atoms with Gasteiger partial charge in [0.1, 0.15) is 5.82 Å². The number of rotatable bonds is 4. The standard InChI is InChI=1S/C23H23N3S.C2HF3O2/c1-4-13-26(14-5-1)16-17-7-6-8-18(15-17)21-11-12-22(27-21)23-24-19-9-2-3-10-20(19)25-23;3-2(4,5)1(6)7/h2-3,6-12,15H,1,4-5,13-14,16H2,(H,24,25);(H,6,7). The highest BCUT2D eigenvalue weighted by Gasteiger charge is 2.38. The maximum absolute atomic E-state index is 10.6. The van der Waals surface area contributed by atoms with Crippen LogP contribution >= 0.6 is 11.3 Å². The van der Waals surface area contributed by atoms with E-state index >= 15 is 0 Å². The van der Waals surface area contributed by atoms with Crippen molar-refractivity contribution in [3.05, 3.63) is 66.2 Å². The minimum atomic E-state index is -5.08. The average Bonchev–Trinajstić information content (AvgIpc) is 3.47. The van der Waals surface area contributed by atoms with E-state index in [4.69, 9.17) is 14.9 Å². The molecule has 0 atom stereocenters. The number of hydrogen-bond acceptors (Lipinski definition) is 4. The number of aliphatic carboxylic acids is 1. The van der Waals surface area contributed by atoms with Gasteiger partial charge in [0.25, 0.3) is 0 Å². The zero-order chi connectivity index (χ0) is 24.1. The largest absolute Gasteiger partial charge is 0.490 e. The molecule has 0 amide bonds. The van der Waals surface area contributed by atoms with Gasteiger partial charge in [-0.05, 0) is 67.4 Å². The number of aromatic amines is 1. The quantitative estimate of drug-likeness (QED) is 0.341. The molecule has 0 spiro atoms. The summed E-state index contributed by atoms with van der Waals surface area (Å²) in [4.78, 5) is 22.1. The molecule has 1 aliphatic heterocycles. The predicted octanol–water partition coefficient (Wildman–Crippen LogP) is 6.58. The Morgan fingerprint density at radius 1 is 1.00 bits per heavy atom. The van der Waals surface area contributed by atoms with Crippen molar-refractivity contribution in [3.63, 3.8) is 0 Å². The Morgan fingerprint density at radius 2 is 1.71 bits per heavy atom. The fraction of sp³-hybridized carbons (Fsp3) is 0.280. The predicted molar refractivity (Wildman–Crippen MR) is 128 cm³/mol. The second-order valence-corrected chi connectivity index (χ2v) is 9.19. The lowest BCUT2D eigenvalue weighted by molar-refractivity contribution is -0.192. The highest BCUT2D eigenvalue weighted by molar-refractivity contribution is 7.18. The van der Waals surface area contributed by atoms with Gasteiger partial charge in [0.05, 0.1) is 15.9 Å². The highest BCUT2D eigenvalue weighted by Crippen LogP contribution is 2.34. The van der Waals surface area contributed by atoms with Crippen molar-refractivity contribution >= 4 is 28.3 Å². The number of H-pyrrole nitrogens is 1. The number of para-hydroxylation sites is 2. The van der Waals surface area contributed by atoms with E-state index in [-0.39, 0.29) is 0 Å². The fourth-order valence-electron chi connectivity index (χ4n) is 3.89. The van der Waals surface area contributed by atoms with Crippen LogP contribution < -0.4 is 0 Å². The number of nitrogens with zero attached hydrogens (tertiary/aromatic N) is 2. The number of alkyl halides is 3. The van der Waals surface area contributed by atoms with Gasteiger partial charge in [0, 0.05) is 11.4 Å². The summed E-state index contributed by atoms with van der Waals surface area (Å²) >= 11 is 1.80. The second-order valence-electron chi connectivity index (χ2n) is 8.11. The summed E-state index contributed by atoms with van der Waals surface area (Å²) in [5.74, 6) is -1.80. The molecule has 9 heteroatoms. The molecule has 2 aromatic heterocycles. The highest BCUT2D eigenvalue weighted by atomic mass is 32.1. The van der Waals surface area contributed by atoms with E-state index in [0.29, 0.717) is 0 Å². The first-order chi connectivity index (χ1) is 16.3. The zero-order valence-corrected chi connectivity index (χ0v) is 19.1. The molecule has 1 saturated heterocycles. The SMILES string of the molecule is O=C(O)C(F)(F)F.c1cc(CN2CCCCC2)cc(-c2ccc(-c3nc4ccccc4[nH]3)s2)c1. The van der Waals surface area contributed by atoms with Crippen molar-refractivity contribution in [3.8, 4) is 21.1 Å². The van der Waals surface area contributed by atoms with E-state index in [1.165, 1.54) is 53.2 Å². The Bertz CT molecular complexity index is 1230. The summed E-state index contributed by atoms with van der Waals surface area (Å²) in [6.45, 7) is 3.54. The van der Waals surface area contributed by atoms with Crippen molar-refractivity contribution in [1.82, 2.24) is 14.9 Å². The molecule has 5 nitrogen and oxygen atoms in total. The van der Waals surface area contributed by atoms with Crippen LogP contribution in [0.2, 0.25) is 0 Å². The summed E-state index contributed by atoms with van der Waals surface area (Å²) in [6.07, 6.45) is -1.02. The molecule has 0 bridgehead atoms. The van der Waals surface area contributed by atoms with E-state index in [0.717, 1.165) is 23.4 Å². The van der Waals surface area contributed by atoms with Gasteiger partial charge in [-0.2, -0.15) is 13.2 Å². The number of fused-ring (bicyclic) bond motifs is 1. The van der Waals surface area contributed by atoms with Gasteiger partial charge in [0.15, 0.2) is 0 Å². The average molecular weight is 488 g/mol. The molecule has 178 valence electrons. The van der Waals surface area contributed by atoms with Crippen LogP contribution in [-0.2, 0) is 11.3 Å². The van der Waals surface area contributed by atoms with Crippen molar-refractivity contribution in [2.75, 3.05) is 13.1 Å². The number of carbonyl (C=O) groups is 1. The molecule has 1 aliphatic rings. The maximum Gasteiger partial charge on any atom is 0.490 e. The number of piperidine rings is 1. The lowest BCUT2D eigenvalue weighted by atomic mass is 10.1. The van der Waals surface area contributed by atoms with Gasteiger partial charge in [-0.25, -0.2) is 9.78 Å². The minimum Gasteiger partial charge on any atom is -0.475 e. The summed E-state index contributed by atoms with van der Waals surface area (Å²) in [6, 6.07) is 21.6. The van der Waals surface area contributed by atoms with Gasteiger partial charge in [0.2, 0.25) is 0 Å². The molecule has 3 heterocycles. The second kappa shape index (κ2) is 10.4. The number of carboxylic acid groups (broad SMARTS) is 1. The van der Waals surface area contributed by atoms with Crippen LogP contribution in [0, 0.1) is 0 Å². The van der Waals surface area contributed by atoms with E-state index in [2.05, 4.69) is 52.3 Å². The monoisotopic (exact) mass is 487 g/mol. The molecular formula is C25H24F3N3O2S. The Kier molecular flexibility index (Phi) is 7.33. The van der Waals surface area contributed by atoms with E-state index in [1.54, 1.807) is 11.3 Å². The molecule has 0 aliphatic carbocycles. The molecule has 0 unspecified atom stereocenters. The minimum absolute atomic E-state index is 0.955. The van der Waals surface area contributed by atoms with Crippen LogP contribution in [0.25, 0.3) is 32.2 Å². The van der Waals surface area contributed by atoms with E-state index in [1.807, 2.05) is 18.2 Å². The summed E-state index contributed by atoms with van der Waals surface area (Å²) < 4.78 is 31.7. The van der Waals surface area contributed by atoms with Crippen LogP contribution in [0.3, 0.4) is 0 Å². The number of benzene rings is 2. The van der Waals surface area contributed by atoms with Gasteiger partial charge >= 0.3 is 12.1 Å². The Morgan fingerprint density at radius 3 is 2.41 bits per heavy atom. The first kappa shape index (κ1) is 24.0. The Balaban J connectivity index is 0.000000344. The third-order valence-electron chi connectivity index (χ3n) is 5.54. The zero-order valence-electron chi connectivity index (χ0n) is 18.3. The van der Waals surface area contributed by atoms with Crippen molar-refractivity contribution in [2.24, 2.45) is 0 Å². The number of imidazole rings is 1. The topological polar surface area (TPSA) is 69.2 Å². The van der Waals surface area contributed by atoms with Crippen molar-refractivity contribution in [1.29, 1.82) is 0 Å². The maximum atomic E-state index is 10.6. The van der Waals surface area contributed by atoms with Crippen molar-refractivity contribution in [2.45, 2.75) is 32.0 Å². The third kappa shape index (κ3) is 6.03. The fourth-order valence-corrected chi connectivity index (χ4v) is 4.84. The normalized spacial score (nSPS) is 14.6. The van der Waals surface area contributed by atoms with Gasteiger partial charge in [-0.15, -0.1) is 11.3 Å². The van der Waals surface area contributed by atoms with E-state index in [9.17, 15) is 13.2 Å². The molecule has 2 aromatic carbocycles. The first-order valence-electron chi connectivity index (χ1n) is 11.0. The summed E-state index contributed by atoms with van der Waals surface area (Å²) in [5.41, 5.74) is 4.82. The summed E-state index contributed by atoms with van der Waals surface area (Å²) in [7, 11) is 0. The Labute approximate surface area is 198 Å². The lowest BCUT2D eigenvalue weighted by Crippen LogP contribution is -2.29. The molecule has 0 radical (unpaired) electrons. The van der Waals surface area contributed by atoms with Crippen LogP contribution in [0.4, 0.5) is 13.2 Å². The molecule has 5 rings (SSSR count). The third-order valence-corrected chi connectivity index (χ3v) is 6.68. The van der Waals surface area contributed by atoms with Gasteiger partial charge < -0.3 is 10.1 Å². The van der Waals surface area contributed by atoms with Gasteiger partial charge in [-0.1, -0.05) is 36.8 Å². The van der Waals surface area contributed by atoms with Crippen molar-refractivity contribution < 1.29 is 23.1 Å². The molecule has 34 heavy (non-hydrogen) atoms. The molecule has 0 saturated carbocycles. The van der Waals surface area contributed by atoms with Gasteiger partial charge in [-0.3, -0.25) is 4.90 Å². The number of likely N-dealkylation sites (tertiary alicyclic amines) is 1. The number of halogens is 3. The summed E-state index contributed by atoms with van der Waals surface area (Å²) in [5, 5.41) is 7.12. The number of carboxylic acids is 1. The molecule has 2 N–H and O–H groups in total. The molecular weight excluding hydrogens is 463 g/mol. The number of hydrogen-bond donors (Lipinski definition) is 2. The molecule has 4 aromatic rings. The smallest absolute Gasteiger partial charge is 0.475 e. The van der Waals surface area contributed by atoms with Crippen LogP contribution in [0.1, 0.15) is 24.8 Å². The van der Waals surface area contributed by atoms with Crippen LogP contribution in [0.5, 0.6) is 0 Å².